The number of halogens is 3. The third kappa shape index (κ3) is 5.43. The zero-order valence-electron chi connectivity index (χ0n) is 18.2. The molecule has 1 saturated heterocycles. The second-order valence-electron chi connectivity index (χ2n) is 7.89. The molecule has 0 radical (unpaired) electrons. The molecule has 34 heavy (non-hydrogen) atoms. The Kier molecular flexibility index (Phi) is 6.94. The lowest BCUT2D eigenvalue weighted by Crippen LogP contribution is -2.49. The Morgan fingerprint density at radius 2 is 1.76 bits per heavy atom. The van der Waals surface area contributed by atoms with E-state index in [0.717, 1.165) is 36.2 Å². The largest absolute Gasteiger partial charge is 0.449 e. The first-order valence-corrected chi connectivity index (χ1v) is 10.8. The number of H-pyrrole nitrogens is 1. The van der Waals surface area contributed by atoms with Gasteiger partial charge >= 0.3 is 12.3 Å². The lowest BCUT2D eigenvalue weighted by molar-refractivity contribution is -0.138. The Morgan fingerprint density at radius 1 is 1.03 bits per heavy atom. The number of fused-ring (bicyclic) bond motifs is 1. The average Bonchev–Trinajstić information content (AvgIpc) is 2.84. The lowest BCUT2D eigenvalue weighted by atomic mass is 10.0. The Hall–Kier alpha value is -3.70. The molecule has 180 valence electrons. The van der Waals surface area contributed by atoms with Gasteiger partial charge in [0.2, 0.25) is 5.95 Å². The molecule has 0 aliphatic carbocycles. The number of amides is 1. The fraction of sp³-hybridized carbons (Fsp3) is 0.409. The van der Waals surface area contributed by atoms with Crippen molar-refractivity contribution >= 4 is 22.8 Å². The Bertz CT molecular complexity index is 1190. The number of benzene rings is 1. The predicted molar refractivity (Wildman–Crippen MR) is 117 cm³/mol. The van der Waals surface area contributed by atoms with Crippen molar-refractivity contribution < 1.29 is 22.7 Å². The summed E-state index contributed by atoms with van der Waals surface area (Å²) in [6.45, 7) is 1.79. The summed E-state index contributed by atoms with van der Waals surface area (Å²) in [7, 11) is 0. The van der Waals surface area contributed by atoms with Crippen molar-refractivity contribution in [3.05, 3.63) is 58.3 Å². The van der Waals surface area contributed by atoms with Crippen LogP contribution in [0.3, 0.4) is 0 Å². The second kappa shape index (κ2) is 10.1. The lowest BCUT2D eigenvalue weighted by Gasteiger charge is -2.34. The summed E-state index contributed by atoms with van der Waals surface area (Å²) in [5.74, 6) is 0.201. The Labute approximate surface area is 192 Å². The van der Waals surface area contributed by atoms with Gasteiger partial charge in [0.05, 0.1) is 23.8 Å². The Morgan fingerprint density at radius 3 is 2.47 bits per heavy atom. The first kappa shape index (κ1) is 23.5. The van der Waals surface area contributed by atoms with Crippen molar-refractivity contribution in [1.29, 1.82) is 0 Å². The van der Waals surface area contributed by atoms with Gasteiger partial charge in [-0.05, 0) is 30.9 Å². The van der Waals surface area contributed by atoms with Crippen molar-refractivity contribution in [3.63, 3.8) is 0 Å². The van der Waals surface area contributed by atoms with Crippen LogP contribution in [0.15, 0.2) is 41.6 Å². The van der Waals surface area contributed by atoms with Gasteiger partial charge in [0.1, 0.15) is 0 Å². The maximum Gasteiger partial charge on any atom is 0.419 e. The summed E-state index contributed by atoms with van der Waals surface area (Å²) >= 11 is 0. The van der Waals surface area contributed by atoms with Crippen molar-refractivity contribution in [2.75, 3.05) is 37.7 Å². The van der Waals surface area contributed by atoms with Gasteiger partial charge in [-0.3, -0.25) is 4.79 Å². The van der Waals surface area contributed by atoms with Gasteiger partial charge in [0, 0.05) is 44.0 Å². The van der Waals surface area contributed by atoms with E-state index in [1.54, 1.807) is 22.1 Å². The van der Waals surface area contributed by atoms with Crippen LogP contribution in [-0.2, 0) is 17.3 Å². The minimum absolute atomic E-state index is 0.201. The van der Waals surface area contributed by atoms with Gasteiger partial charge in [-0.15, -0.1) is 0 Å². The predicted octanol–water partition coefficient (Wildman–Crippen LogP) is 3.01. The molecule has 0 atom stereocenters. The quantitative estimate of drug-likeness (QED) is 0.546. The van der Waals surface area contributed by atoms with Crippen molar-refractivity contribution in [2.45, 2.75) is 25.4 Å². The number of rotatable bonds is 6. The van der Waals surface area contributed by atoms with Gasteiger partial charge in [0.15, 0.2) is 0 Å². The highest BCUT2D eigenvalue weighted by atomic mass is 19.4. The molecule has 0 spiro atoms. The molecule has 9 nitrogen and oxygen atoms in total. The molecule has 0 bridgehead atoms. The van der Waals surface area contributed by atoms with Gasteiger partial charge < -0.3 is 14.5 Å². The molecule has 1 aromatic carbocycles. The fourth-order valence-electron chi connectivity index (χ4n) is 3.79. The number of carbonyl (C=O) groups excluding carboxylic acids is 1. The van der Waals surface area contributed by atoms with Crippen LogP contribution in [0.4, 0.5) is 23.9 Å². The topological polar surface area (TPSA) is 104 Å². The molecule has 0 saturated carbocycles. The fourth-order valence-corrected chi connectivity index (χ4v) is 3.79. The second-order valence-corrected chi connectivity index (χ2v) is 7.89. The number of nitrogens with zero attached hydrogens (tertiary/aromatic N) is 5. The molecule has 1 aliphatic heterocycles. The minimum atomic E-state index is -4.48. The summed E-state index contributed by atoms with van der Waals surface area (Å²) in [6, 6.07) is 5.54. The number of nitrogens with one attached hydrogen (secondary N) is 1. The van der Waals surface area contributed by atoms with Crippen molar-refractivity contribution in [2.24, 2.45) is 0 Å². The van der Waals surface area contributed by atoms with Crippen LogP contribution in [0.1, 0.15) is 24.0 Å². The molecule has 1 amide bonds. The zero-order chi connectivity index (χ0) is 24.1. The number of hydrogen-bond donors (Lipinski definition) is 1. The number of piperazine rings is 1. The maximum absolute atomic E-state index is 12.6. The smallest absolute Gasteiger partial charge is 0.419 e. The van der Waals surface area contributed by atoms with E-state index < -0.39 is 17.8 Å². The van der Waals surface area contributed by atoms with Crippen LogP contribution >= 0.6 is 0 Å². The highest BCUT2D eigenvalue weighted by Gasteiger charge is 2.32. The van der Waals surface area contributed by atoms with E-state index in [4.69, 9.17) is 4.74 Å². The maximum atomic E-state index is 12.6. The first-order chi connectivity index (χ1) is 16.3. The molecule has 12 heteroatoms. The average molecular weight is 476 g/mol. The number of aryl methyl sites for hydroxylation is 1. The van der Waals surface area contributed by atoms with Crippen LogP contribution in [0.2, 0.25) is 0 Å². The molecule has 4 rings (SSSR count). The molecule has 2 aromatic heterocycles. The van der Waals surface area contributed by atoms with Crippen LogP contribution in [0.5, 0.6) is 0 Å². The SMILES string of the molecule is O=C(OCCCCc1cccc2c(=O)[nH]ncc12)N1CCN(c2ncc(C(F)(F)F)cn2)CC1. The van der Waals surface area contributed by atoms with E-state index in [1.165, 1.54) is 0 Å². The summed E-state index contributed by atoms with van der Waals surface area (Å²) in [5.41, 5.74) is -0.105. The number of anilines is 1. The minimum Gasteiger partial charge on any atom is -0.449 e. The van der Waals surface area contributed by atoms with Crippen LogP contribution in [0, 0.1) is 0 Å². The van der Waals surface area contributed by atoms with E-state index in [1.807, 2.05) is 12.1 Å². The summed E-state index contributed by atoms with van der Waals surface area (Å²) in [5, 5.41) is 7.70. The number of ether oxygens (including phenoxy) is 1. The van der Waals surface area contributed by atoms with E-state index in [-0.39, 0.29) is 18.1 Å². The van der Waals surface area contributed by atoms with Crippen LogP contribution in [-0.4, -0.2) is 63.9 Å². The van der Waals surface area contributed by atoms with Gasteiger partial charge in [-0.2, -0.15) is 18.3 Å². The number of unbranched alkanes of at least 4 members (excludes halogenated alkanes) is 1. The number of hydrogen-bond acceptors (Lipinski definition) is 7. The molecule has 1 fully saturated rings. The summed E-state index contributed by atoms with van der Waals surface area (Å²) in [4.78, 5) is 35.1. The number of alkyl halides is 3. The van der Waals surface area contributed by atoms with Crippen molar-refractivity contribution in [1.82, 2.24) is 25.1 Å². The monoisotopic (exact) mass is 476 g/mol. The van der Waals surface area contributed by atoms with E-state index in [2.05, 4.69) is 20.2 Å². The van der Waals surface area contributed by atoms with Gasteiger partial charge in [0.25, 0.3) is 5.56 Å². The van der Waals surface area contributed by atoms with E-state index >= 15 is 0 Å². The molecule has 1 aliphatic rings. The molecule has 3 heterocycles. The molecule has 1 N–H and O–H groups in total. The normalized spacial score (nSPS) is 14.4. The highest BCUT2D eigenvalue weighted by Crippen LogP contribution is 2.28. The molecule has 0 unspecified atom stereocenters. The van der Waals surface area contributed by atoms with Crippen LogP contribution in [0.25, 0.3) is 10.8 Å². The molecule has 3 aromatic rings. The molecular weight excluding hydrogens is 453 g/mol. The summed E-state index contributed by atoms with van der Waals surface area (Å²) < 4.78 is 43.3. The van der Waals surface area contributed by atoms with Gasteiger partial charge in [-0.1, -0.05) is 12.1 Å². The number of carbonyl (C=O) groups is 1. The standard InChI is InChI=1S/C22H23F3N6O3/c23-22(24,25)16-12-26-20(27-13-16)30-7-9-31(10-8-30)21(33)34-11-2-1-4-15-5-3-6-17-18(15)14-28-29-19(17)32/h3,5-6,12-14H,1-2,4,7-11H2,(H,29,32). The highest BCUT2D eigenvalue weighted by molar-refractivity contribution is 5.83. The van der Waals surface area contributed by atoms with Gasteiger partial charge in [-0.25, -0.2) is 19.9 Å². The molecular formula is C22H23F3N6O3. The Balaban J connectivity index is 1.19. The number of aromatic nitrogens is 4. The van der Waals surface area contributed by atoms with E-state index in [9.17, 15) is 22.8 Å². The van der Waals surface area contributed by atoms with Crippen molar-refractivity contribution in [3.8, 4) is 0 Å². The zero-order valence-corrected chi connectivity index (χ0v) is 18.2. The number of aromatic amines is 1. The summed E-state index contributed by atoms with van der Waals surface area (Å²) in [6.07, 6.45) is 0.426. The van der Waals surface area contributed by atoms with E-state index in [0.29, 0.717) is 38.0 Å². The first-order valence-electron chi connectivity index (χ1n) is 10.8. The third-order valence-electron chi connectivity index (χ3n) is 5.65. The van der Waals surface area contributed by atoms with Crippen LogP contribution < -0.4 is 10.5 Å². The third-order valence-corrected chi connectivity index (χ3v) is 5.65.